The summed E-state index contributed by atoms with van der Waals surface area (Å²) in [4.78, 5) is 14.8. The van der Waals surface area contributed by atoms with Crippen LogP contribution in [0, 0.1) is 5.82 Å². The van der Waals surface area contributed by atoms with E-state index in [-0.39, 0.29) is 17.8 Å². The van der Waals surface area contributed by atoms with Crippen molar-refractivity contribution in [2.75, 3.05) is 7.05 Å². The van der Waals surface area contributed by atoms with Gasteiger partial charge in [-0.25, -0.2) is 4.39 Å². The Morgan fingerprint density at radius 1 is 1.33 bits per heavy atom. The molecule has 0 aliphatic carbocycles. The first-order valence-electron chi connectivity index (χ1n) is 7.52. The number of hydrogen-bond acceptors (Lipinski definition) is 2. The number of halogens is 2. The first-order valence-corrected chi connectivity index (χ1v) is 8.31. The number of amides is 1. The molecule has 114 valence electrons. The molecule has 0 radical (unpaired) electrons. The standard InChI is InChI=1S/C16H20BrFN2O/c1-20-12-3-2-4-13(20)9-11(8-12)19-16(21)10-5-6-15(18)14(17)7-10/h5-7,11-13H,2-4,8-9H2,1H3,(H,19,21). The number of hydrogen-bond donors (Lipinski definition) is 1. The molecule has 2 bridgehead atoms. The van der Waals surface area contributed by atoms with Crippen molar-refractivity contribution in [3.63, 3.8) is 0 Å². The van der Waals surface area contributed by atoms with Crippen LogP contribution in [0.15, 0.2) is 22.7 Å². The van der Waals surface area contributed by atoms with E-state index in [0.717, 1.165) is 12.8 Å². The molecule has 1 N–H and O–H groups in total. The maximum atomic E-state index is 13.2. The van der Waals surface area contributed by atoms with Crippen molar-refractivity contribution in [2.45, 2.75) is 50.2 Å². The Hall–Kier alpha value is -0.940. The van der Waals surface area contributed by atoms with E-state index in [0.29, 0.717) is 22.1 Å². The van der Waals surface area contributed by atoms with Crippen LogP contribution in [0.5, 0.6) is 0 Å². The lowest BCUT2D eigenvalue weighted by molar-refractivity contribution is 0.0463. The number of piperidine rings is 2. The highest BCUT2D eigenvalue weighted by atomic mass is 79.9. The summed E-state index contributed by atoms with van der Waals surface area (Å²) in [6.45, 7) is 0. The third-order valence-electron chi connectivity index (χ3n) is 4.86. The number of carbonyl (C=O) groups excluding carboxylic acids is 1. The molecule has 2 heterocycles. The summed E-state index contributed by atoms with van der Waals surface area (Å²) in [5, 5.41) is 3.12. The van der Waals surface area contributed by atoms with Crippen LogP contribution in [0.25, 0.3) is 0 Å². The fraction of sp³-hybridized carbons (Fsp3) is 0.562. The average molecular weight is 355 g/mol. The molecule has 2 atom stereocenters. The molecule has 5 heteroatoms. The van der Waals surface area contributed by atoms with E-state index in [1.807, 2.05) is 0 Å². The van der Waals surface area contributed by atoms with Gasteiger partial charge in [-0.15, -0.1) is 0 Å². The van der Waals surface area contributed by atoms with Gasteiger partial charge in [-0.1, -0.05) is 6.42 Å². The van der Waals surface area contributed by atoms with Gasteiger partial charge in [0.05, 0.1) is 4.47 Å². The van der Waals surface area contributed by atoms with Gasteiger partial charge in [-0.05, 0) is 66.9 Å². The van der Waals surface area contributed by atoms with Crippen LogP contribution in [-0.2, 0) is 0 Å². The van der Waals surface area contributed by atoms with Crippen LogP contribution < -0.4 is 5.32 Å². The number of nitrogens with zero attached hydrogens (tertiary/aromatic N) is 1. The van der Waals surface area contributed by atoms with Gasteiger partial charge in [0.25, 0.3) is 5.91 Å². The van der Waals surface area contributed by atoms with Gasteiger partial charge in [0.15, 0.2) is 0 Å². The van der Waals surface area contributed by atoms with Crippen molar-refractivity contribution in [3.05, 3.63) is 34.1 Å². The normalized spacial score (nSPS) is 29.2. The summed E-state index contributed by atoms with van der Waals surface area (Å²) in [5.74, 6) is -0.455. The molecule has 2 fully saturated rings. The van der Waals surface area contributed by atoms with E-state index in [9.17, 15) is 9.18 Å². The Morgan fingerprint density at radius 2 is 2.00 bits per heavy atom. The van der Waals surface area contributed by atoms with Crippen molar-refractivity contribution in [2.24, 2.45) is 0 Å². The highest BCUT2D eigenvalue weighted by molar-refractivity contribution is 9.10. The molecule has 1 amide bonds. The Balaban J connectivity index is 1.66. The third kappa shape index (κ3) is 3.14. The van der Waals surface area contributed by atoms with Crippen molar-refractivity contribution >= 4 is 21.8 Å². The maximum absolute atomic E-state index is 13.2. The number of fused-ring (bicyclic) bond motifs is 2. The lowest BCUT2D eigenvalue weighted by atomic mass is 9.82. The summed E-state index contributed by atoms with van der Waals surface area (Å²) in [6.07, 6.45) is 5.77. The van der Waals surface area contributed by atoms with Gasteiger partial charge < -0.3 is 10.2 Å². The lowest BCUT2D eigenvalue weighted by Gasteiger charge is -2.47. The summed E-state index contributed by atoms with van der Waals surface area (Å²) in [6, 6.07) is 5.80. The molecule has 21 heavy (non-hydrogen) atoms. The molecule has 0 spiro atoms. The van der Waals surface area contributed by atoms with Crippen molar-refractivity contribution in [1.29, 1.82) is 0 Å². The van der Waals surface area contributed by atoms with Crippen LogP contribution in [0.2, 0.25) is 0 Å². The zero-order valence-electron chi connectivity index (χ0n) is 12.1. The molecule has 1 aromatic carbocycles. The van der Waals surface area contributed by atoms with E-state index in [2.05, 4.69) is 33.2 Å². The zero-order valence-corrected chi connectivity index (χ0v) is 13.7. The van der Waals surface area contributed by atoms with Crippen molar-refractivity contribution in [1.82, 2.24) is 10.2 Å². The monoisotopic (exact) mass is 354 g/mol. The zero-order chi connectivity index (χ0) is 15.0. The van der Waals surface area contributed by atoms with E-state index >= 15 is 0 Å². The van der Waals surface area contributed by atoms with Gasteiger partial charge in [0, 0.05) is 23.7 Å². The van der Waals surface area contributed by atoms with Crippen molar-refractivity contribution in [3.8, 4) is 0 Å². The average Bonchev–Trinajstić information content (AvgIpc) is 2.43. The first-order chi connectivity index (χ1) is 10.0. The second-order valence-electron chi connectivity index (χ2n) is 6.17. The van der Waals surface area contributed by atoms with Gasteiger partial charge in [-0.3, -0.25) is 4.79 Å². The van der Waals surface area contributed by atoms with Crippen LogP contribution in [-0.4, -0.2) is 36.0 Å². The fourth-order valence-corrected chi connectivity index (χ4v) is 4.02. The highest BCUT2D eigenvalue weighted by Gasteiger charge is 2.36. The molecule has 1 aromatic rings. The first kappa shape index (κ1) is 15.0. The third-order valence-corrected chi connectivity index (χ3v) is 5.46. The van der Waals surface area contributed by atoms with Crippen LogP contribution >= 0.6 is 15.9 Å². The Labute approximate surface area is 133 Å². The fourth-order valence-electron chi connectivity index (χ4n) is 3.64. The molecule has 3 nitrogen and oxygen atoms in total. The molecule has 0 aromatic heterocycles. The van der Waals surface area contributed by atoms with Crippen LogP contribution in [0.3, 0.4) is 0 Å². The molecular formula is C16H20BrFN2O. The molecule has 2 aliphatic heterocycles. The number of rotatable bonds is 2. The molecule has 3 rings (SSSR count). The van der Waals surface area contributed by atoms with Crippen LogP contribution in [0.1, 0.15) is 42.5 Å². The number of benzene rings is 1. The second kappa shape index (κ2) is 6.05. The minimum Gasteiger partial charge on any atom is -0.349 e. The topological polar surface area (TPSA) is 32.3 Å². The predicted molar refractivity (Wildman–Crippen MR) is 83.8 cm³/mol. The van der Waals surface area contributed by atoms with Gasteiger partial charge in [0.2, 0.25) is 0 Å². The Morgan fingerprint density at radius 3 is 2.62 bits per heavy atom. The molecule has 0 saturated carbocycles. The minimum absolute atomic E-state index is 0.108. The summed E-state index contributed by atoms with van der Waals surface area (Å²) >= 11 is 3.13. The van der Waals surface area contributed by atoms with Crippen LogP contribution in [0.4, 0.5) is 4.39 Å². The van der Waals surface area contributed by atoms with E-state index in [1.54, 1.807) is 6.07 Å². The van der Waals surface area contributed by atoms with E-state index in [4.69, 9.17) is 0 Å². The smallest absolute Gasteiger partial charge is 0.251 e. The molecular weight excluding hydrogens is 335 g/mol. The second-order valence-corrected chi connectivity index (χ2v) is 7.03. The SMILES string of the molecule is CN1C2CCCC1CC(NC(=O)c1ccc(F)c(Br)c1)C2. The minimum atomic E-state index is -0.347. The maximum Gasteiger partial charge on any atom is 0.251 e. The predicted octanol–water partition coefficient (Wildman–Crippen LogP) is 3.33. The van der Waals surface area contributed by atoms with Crippen molar-refractivity contribution < 1.29 is 9.18 Å². The summed E-state index contributed by atoms with van der Waals surface area (Å²) in [5.41, 5.74) is 0.507. The molecule has 2 aliphatic rings. The van der Waals surface area contributed by atoms with E-state index < -0.39 is 0 Å². The Bertz CT molecular complexity index is 537. The largest absolute Gasteiger partial charge is 0.349 e. The summed E-state index contributed by atoms with van der Waals surface area (Å²) < 4.78 is 13.6. The van der Waals surface area contributed by atoms with Gasteiger partial charge >= 0.3 is 0 Å². The lowest BCUT2D eigenvalue weighted by Crippen LogP contribution is -2.55. The molecule has 2 saturated heterocycles. The number of carbonyl (C=O) groups is 1. The number of nitrogens with one attached hydrogen (secondary N) is 1. The quantitative estimate of drug-likeness (QED) is 0.883. The highest BCUT2D eigenvalue weighted by Crippen LogP contribution is 2.32. The van der Waals surface area contributed by atoms with E-state index in [1.165, 1.54) is 31.4 Å². The van der Waals surface area contributed by atoms with Gasteiger partial charge in [0.1, 0.15) is 5.82 Å². The molecule has 2 unspecified atom stereocenters. The summed E-state index contributed by atoms with van der Waals surface area (Å²) in [7, 11) is 2.20. The Kier molecular flexibility index (Phi) is 4.31. The van der Waals surface area contributed by atoms with Gasteiger partial charge in [-0.2, -0.15) is 0 Å².